The Kier molecular flexibility index (Phi) is 4.76. The van der Waals surface area contributed by atoms with Gasteiger partial charge in [0.15, 0.2) is 5.60 Å². The van der Waals surface area contributed by atoms with Crippen LogP contribution in [-0.4, -0.2) is 60.0 Å². The SMILES string of the molecule is O=C(O)C1(O)C[C@@H](O)C(O)[C@@](O)(C/C=C/c2ccc(O)cc2)C1. The van der Waals surface area contributed by atoms with Crippen molar-refractivity contribution in [3.05, 3.63) is 35.9 Å². The summed E-state index contributed by atoms with van der Waals surface area (Å²) >= 11 is 0. The number of carbonyl (C=O) groups is 1. The highest BCUT2D eigenvalue weighted by Gasteiger charge is 2.55. The summed E-state index contributed by atoms with van der Waals surface area (Å²) in [6, 6.07) is 6.23. The molecule has 0 radical (unpaired) electrons. The van der Waals surface area contributed by atoms with E-state index in [1.807, 2.05) is 0 Å². The van der Waals surface area contributed by atoms with Crippen LogP contribution in [0.4, 0.5) is 0 Å². The minimum Gasteiger partial charge on any atom is -0.508 e. The molecule has 1 aromatic rings. The summed E-state index contributed by atoms with van der Waals surface area (Å²) < 4.78 is 0. The van der Waals surface area contributed by atoms with Crippen LogP contribution in [0, 0.1) is 0 Å². The normalized spacial score (nSPS) is 34.6. The third-order valence-electron chi connectivity index (χ3n) is 4.13. The number of hydrogen-bond acceptors (Lipinski definition) is 6. The number of aliphatic hydroxyl groups excluding tert-OH is 2. The average molecular weight is 324 g/mol. The van der Waals surface area contributed by atoms with Crippen molar-refractivity contribution in [2.24, 2.45) is 0 Å². The van der Waals surface area contributed by atoms with E-state index >= 15 is 0 Å². The molecule has 0 saturated heterocycles. The van der Waals surface area contributed by atoms with Crippen LogP contribution >= 0.6 is 0 Å². The molecular formula is C16H20O7. The Labute approximate surface area is 132 Å². The number of carboxylic acids is 1. The minimum atomic E-state index is -2.29. The Balaban J connectivity index is 2.14. The van der Waals surface area contributed by atoms with Crippen LogP contribution in [0.15, 0.2) is 30.3 Å². The van der Waals surface area contributed by atoms with Crippen molar-refractivity contribution in [3.63, 3.8) is 0 Å². The van der Waals surface area contributed by atoms with Crippen LogP contribution in [0.3, 0.4) is 0 Å². The third kappa shape index (κ3) is 3.70. The number of aromatic hydroxyl groups is 1. The van der Waals surface area contributed by atoms with Crippen LogP contribution in [0.25, 0.3) is 6.08 Å². The topological polar surface area (TPSA) is 138 Å². The lowest BCUT2D eigenvalue weighted by Gasteiger charge is -2.45. The van der Waals surface area contributed by atoms with Gasteiger partial charge in [-0.2, -0.15) is 0 Å². The second-order valence-electron chi connectivity index (χ2n) is 6.03. The molecule has 1 aliphatic rings. The van der Waals surface area contributed by atoms with Gasteiger partial charge in [-0.25, -0.2) is 4.79 Å². The lowest BCUT2D eigenvalue weighted by molar-refractivity contribution is -0.214. The fourth-order valence-corrected chi connectivity index (χ4v) is 2.84. The maximum Gasteiger partial charge on any atom is 0.335 e. The molecule has 23 heavy (non-hydrogen) atoms. The van der Waals surface area contributed by atoms with Crippen LogP contribution in [0.5, 0.6) is 5.75 Å². The van der Waals surface area contributed by atoms with Gasteiger partial charge in [-0.1, -0.05) is 24.3 Å². The molecule has 0 amide bonds. The van der Waals surface area contributed by atoms with E-state index in [-0.39, 0.29) is 12.2 Å². The standard InChI is InChI=1S/C16H20O7/c17-11-5-3-10(4-6-11)2-1-7-15(22)9-16(23,14(20)21)8-12(18)13(15)19/h1-6,12-13,17-19,22-23H,7-9H2,(H,20,21)/b2-1+/t12-,13?,15-,16?/m1/s1. The minimum absolute atomic E-state index is 0.109. The number of rotatable bonds is 4. The van der Waals surface area contributed by atoms with Crippen LogP contribution in [-0.2, 0) is 4.79 Å². The molecule has 0 spiro atoms. The Morgan fingerprint density at radius 3 is 2.39 bits per heavy atom. The zero-order valence-electron chi connectivity index (χ0n) is 12.3. The second kappa shape index (κ2) is 6.29. The predicted molar refractivity (Wildman–Crippen MR) is 80.5 cm³/mol. The van der Waals surface area contributed by atoms with E-state index in [0.717, 1.165) is 5.56 Å². The second-order valence-corrected chi connectivity index (χ2v) is 6.03. The fourth-order valence-electron chi connectivity index (χ4n) is 2.84. The number of benzene rings is 1. The largest absolute Gasteiger partial charge is 0.508 e. The number of aliphatic carboxylic acids is 1. The summed E-state index contributed by atoms with van der Waals surface area (Å²) in [5.74, 6) is -1.44. The molecule has 6 N–H and O–H groups in total. The van der Waals surface area contributed by atoms with E-state index in [9.17, 15) is 30.3 Å². The molecule has 0 aromatic heterocycles. The molecule has 7 heteroatoms. The van der Waals surface area contributed by atoms with Crippen LogP contribution < -0.4 is 0 Å². The molecule has 126 valence electrons. The van der Waals surface area contributed by atoms with Crippen molar-refractivity contribution in [1.82, 2.24) is 0 Å². The molecule has 2 unspecified atom stereocenters. The van der Waals surface area contributed by atoms with Crippen molar-refractivity contribution in [2.75, 3.05) is 0 Å². The summed E-state index contributed by atoms with van der Waals surface area (Å²) in [6.45, 7) is 0. The molecule has 7 nitrogen and oxygen atoms in total. The van der Waals surface area contributed by atoms with E-state index in [2.05, 4.69) is 0 Å². The van der Waals surface area contributed by atoms with Gasteiger partial charge in [-0.3, -0.25) is 0 Å². The molecule has 0 aliphatic heterocycles. The molecule has 1 fully saturated rings. The van der Waals surface area contributed by atoms with Crippen molar-refractivity contribution in [2.45, 2.75) is 42.7 Å². The first-order valence-corrected chi connectivity index (χ1v) is 7.16. The van der Waals surface area contributed by atoms with E-state index in [4.69, 9.17) is 5.11 Å². The highest BCUT2D eigenvalue weighted by Crippen LogP contribution is 2.38. The van der Waals surface area contributed by atoms with Crippen LogP contribution in [0.1, 0.15) is 24.8 Å². The monoisotopic (exact) mass is 324 g/mol. The molecular weight excluding hydrogens is 304 g/mol. The van der Waals surface area contributed by atoms with Crippen molar-refractivity contribution >= 4 is 12.0 Å². The van der Waals surface area contributed by atoms with E-state index in [1.165, 1.54) is 18.2 Å². The first-order chi connectivity index (χ1) is 10.7. The smallest absolute Gasteiger partial charge is 0.335 e. The van der Waals surface area contributed by atoms with E-state index in [1.54, 1.807) is 18.2 Å². The third-order valence-corrected chi connectivity index (χ3v) is 4.13. The van der Waals surface area contributed by atoms with Gasteiger partial charge in [-0.15, -0.1) is 0 Å². The van der Waals surface area contributed by atoms with Gasteiger partial charge in [0.2, 0.25) is 0 Å². The molecule has 1 aliphatic carbocycles. The molecule has 0 bridgehead atoms. The van der Waals surface area contributed by atoms with Gasteiger partial charge in [0, 0.05) is 12.8 Å². The summed E-state index contributed by atoms with van der Waals surface area (Å²) in [7, 11) is 0. The summed E-state index contributed by atoms with van der Waals surface area (Å²) in [5.41, 5.74) is -3.52. The number of carboxylic acid groups (broad SMARTS) is 1. The molecule has 1 saturated carbocycles. The van der Waals surface area contributed by atoms with Gasteiger partial charge in [-0.05, 0) is 24.1 Å². The van der Waals surface area contributed by atoms with Crippen molar-refractivity contribution < 1.29 is 35.4 Å². The molecule has 4 atom stereocenters. The van der Waals surface area contributed by atoms with E-state index < -0.39 is 42.2 Å². The van der Waals surface area contributed by atoms with Crippen LogP contribution in [0.2, 0.25) is 0 Å². The average Bonchev–Trinajstić information content (AvgIpc) is 2.47. The zero-order valence-corrected chi connectivity index (χ0v) is 12.3. The highest BCUT2D eigenvalue weighted by atomic mass is 16.4. The number of aliphatic hydroxyl groups is 4. The van der Waals surface area contributed by atoms with Crippen molar-refractivity contribution in [3.8, 4) is 5.75 Å². The van der Waals surface area contributed by atoms with Crippen molar-refractivity contribution in [1.29, 1.82) is 0 Å². The predicted octanol–water partition coefficient (Wildman–Crippen LogP) is -0.142. The molecule has 0 heterocycles. The Morgan fingerprint density at radius 2 is 1.83 bits per heavy atom. The van der Waals surface area contributed by atoms with Gasteiger partial charge in [0.25, 0.3) is 0 Å². The number of phenols is 1. The highest BCUT2D eigenvalue weighted by molar-refractivity contribution is 5.77. The number of hydrogen-bond donors (Lipinski definition) is 6. The Hall–Kier alpha value is -1.93. The van der Waals surface area contributed by atoms with E-state index in [0.29, 0.717) is 0 Å². The summed E-state index contributed by atoms with van der Waals surface area (Å²) in [4.78, 5) is 11.1. The maximum absolute atomic E-state index is 11.1. The number of phenolic OH excluding ortho intramolecular Hbond substituents is 1. The summed E-state index contributed by atoms with van der Waals surface area (Å²) in [6.07, 6.45) is -1.27. The lowest BCUT2D eigenvalue weighted by atomic mass is 9.70. The first kappa shape index (κ1) is 17.4. The van der Waals surface area contributed by atoms with Gasteiger partial charge in [0.05, 0.1) is 11.7 Å². The lowest BCUT2D eigenvalue weighted by Crippen LogP contribution is -2.62. The summed E-state index contributed by atoms with van der Waals surface area (Å²) in [5, 5.41) is 58.5. The molecule has 2 rings (SSSR count). The fraction of sp³-hybridized carbons (Fsp3) is 0.438. The van der Waals surface area contributed by atoms with Gasteiger partial charge < -0.3 is 30.6 Å². The quantitative estimate of drug-likeness (QED) is 0.453. The Bertz CT molecular complexity index is 597. The zero-order chi connectivity index (χ0) is 17.3. The maximum atomic E-state index is 11.1. The molecule has 1 aromatic carbocycles. The van der Waals surface area contributed by atoms with Gasteiger partial charge >= 0.3 is 5.97 Å². The first-order valence-electron chi connectivity index (χ1n) is 7.16. The Morgan fingerprint density at radius 1 is 1.22 bits per heavy atom. The van der Waals surface area contributed by atoms with Gasteiger partial charge in [0.1, 0.15) is 11.9 Å².